The zero-order chi connectivity index (χ0) is 16.3. The van der Waals surface area contributed by atoms with Crippen molar-refractivity contribution in [2.24, 2.45) is 5.41 Å². The lowest BCUT2D eigenvalue weighted by Gasteiger charge is -2.26. The second-order valence-electron chi connectivity index (χ2n) is 6.56. The summed E-state index contributed by atoms with van der Waals surface area (Å²) in [5.41, 5.74) is 0.432. The summed E-state index contributed by atoms with van der Waals surface area (Å²) in [5.74, 6) is 0.315. The highest BCUT2D eigenvalue weighted by atomic mass is 16.5. The van der Waals surface area contributed by atoms with Crippen molar-refractivity contribution in [2.75, 3.05) is 39.9 Å². The molecule has 1 N–H and O–H groups in total. The van der Waals surface area contributed by atoms with E-state index in [0.717, 1.165) is 38.8 Å². The van der Waals surface area contributed by atoms with Gasteiger partial charge < -0.3 is 19.5 Å². The first-order valence-corrected chi connectivity index (χ1v) is 8.37. The van der Waals surface area contributed by atoms with E-state index in [9.17, 15) is 9.59 Å². The Kier molecular flexibility index (Phi) is 4.71. The Balaban J connectivity index is 1.64. The predicted octanol–water partition coefficient (Wildman–Crippen LogP) is 1.51. The van der Waals surface area contributed by atoms with Gasteiger partial charge in [0, 0.05) is 45.7 Å². The lowest BCUT2D eigenvalue weighted by molar-refractivity contribution is -0.137. The van der Waals surface area contributed by atoms with Crippen LogP contribution in [0.5, 0.6) is 0 Å². The number of rotatable bonds is 4. The average molecular weight is 319 g/mol. The van der Waals surface area contributed by atoms with E-state index in [2.05, 4.69) is 4.98 Å². The molecule has 6 nitrogen and oxygen atoms in total. The van der Waals surface area contributed by atoms with Crippen LogP contribution in [0.4, 0.5) is 0 Å². The zero-order valence-corrected chi connectivity index (χ0v) is 13.7. The van der Waals surface area contributed by atoms with Crippen LogP contribution >= 0.6 is 0 Å². The molecule has 1 atom stereocenters. The monoisotopic (exact) mass is 319 g/mol. The second-order valence-corrected chi connectivity index (χ2v) is 6.56. The maximum atomic E-state index is 12.8. The van der Waals surface area contributed by atoms with E-state index >= 15 is 0 Å². The number of carbonyl (C=O) groups excluding carboxylic acids is 2. The highest BCUT2D eigenvalue weighted by molar-refractivity contribution is 5.94. The van der Waals surface area contributed by atoms with E-state index in [4.69, 9.17) is 4.74 Å². The Hall–Kier alpha value is -1.82. The van der Waals surface area contributed by atoms with Crippen LogP contribution in [-0.2, 0) is 9.53 Å². The van der Waals surface area contributed by atoms with Gasteiger partial charge in [0.25, 0.3) is 5.91 Å². The van der Waals surface area contributed by atoms with Gasteiger partial charge in [-0.2, -0.15) is 0 Å². The molecule has 1 aromatic heterocycles. The molecule has 0 aliphatic carbocycles. The molecular weight excluding hydrogens is 294 g/mol. The highest BCUT2D eigenvalue weighted by Gasteiger charge is 2.46. The van der Waals surface area contributed by atoms with E-state index in [1.54, 1.807) is 25.6 Å². The van der Waals surface area contributed by atoms with Gasteiger partial charge in [0.2, 0.25) is 5.91 Å². The molecule has 3 heterocycles. The largest absolute Gasteiger partial charge is 0.383 e. The molecular formula is C17H25N3O3. The van der Waals surface area contributed by atoms with Crippen LogP contribution in [0.15, 0.2) is 18.5 Å². The minimum atomic E-state index is -0.263. The van der Waals surface area contributed by atoms with Crippen LogP contribution in [0.2, 0.25) is 0 Å². The van der Waals surface area contributed by atoms with Gasteiger partial charge in [-0.25, -0.2) is 0 Å². The molecule has 1 aromatic rings. The van der Waals surface area contributed by atoms with Crippen LogP contribution in [0.1, 0.15) is 36.0 Å². The average Bonchev–Trinajstić information content (AvgIpc) is 3.12. The molecule has 2 amide bonds. The molecule has 6 heteroatoms. The third-order valence-electron chi connectivity index (χ3n) is 5.24. The third kappa shape index (κ3) is 3.13. The van der Waals surface area contributed by atoms with Gasteiger partial charge in [-0.05, 0) is 31.7 Å². The lowest BCUT2D eigenvalue weighted by atomic mass is 9.79. The molecule has 0 bridgehead atoms. The number of methoxy groups -OCH3 is 1. The smallest absolute Gasteiger partial charge is 0.255 e. The predicted molar refractivity (Wildman–Crippen MR) is 86.1 cm³/mol. The Morgan fingerprint density at radius 1 is 1.30 bits per heavy atom. The van der Waals surface area contributed by atoms with Crippen molar-refractivity contribution in [1.82, 2.24) is 14.8 Å². The van der Waals surface area contributed by atoms with E-state index in [1.165, 1.54) is 0 Å². The van der Waals surface area contributed by atoms with Gasteiger partial charge in [0.15, 0.2) is 0 Å². The maximum Gasteiger partial charge on any atom is 0.255 e. The first kappa shape index (κ1) is 16.1. The summed E-state index contributed by atoms with van der Waals surface area (Å²) < 4.78 is 5.09. The number of hydrogen-bond acceptors (Lipinski definition) is 3. The fourth-order valence-corrected chi connectivity index (χ4v) is 3.81. The number of amides is 2. The van der Waals surface area contributed by atoms with Gasteiger partial charge in [-0.1, -0.05) is 0 Å². The Morgan fingerprint density at radius 2 is 2.13 bits per heavy atom. The lowest BCUT2D eigenvalue weighted by Crippen LogP contribution is -2.37. The summed E-state index contributed by atoms with van der Waals surface area (Å²) in [7, 11) is 1.66. The second kappa shape index (κ2) is 6.74. The van der Waals surface area contributed by atoms with Crippen molar-refractivity contribution in [2.45, 2.75) is 25.7 Å². The first-order valence-electron chi connectivity index (χ1n) is 8.37. The molecule has 1 spiro atoms. The van der Waals surface area contributed by atoms with Gasteiger partial charge in [0.1, 0.15) is 0 Å². The molecule has 2 aliphatic heterocycles. The van der Waals surface area contributed by atoms with Gasteiger partial charge in [0.05, 0.1) is 17.6 Å². The first-order chi connectivity index (χ1) is 11.2. The molecule has 0 saturated carbocycles. The molecule has 2 saturated heterocycles. The van der Waals surface area contributed by atoms with Gasteiger partial charge in [-0.15, -0.1) is 0 Å². The summed E-state index contributed by atoms with van der Waals surface area (Å²) >= 11 is 0. The minimum Gasteiger partial charge on any atom is -0.383 e. The normalized spacial score (nSPS) is 25.2. The van der Waals surface area contributed by atoms with E-state index in [1.807, 2.05) is 9.80 Å². The Morgan fingerprint density at radius 3 is 2.87 bits per heavy atom. The summed E-state index contributed by atoms with van der Waals surface area (Å²) in [6.45, 7) is 3.46. The molecule has 2 aliphatic rings. The molecule has 3 rings (SSSR count). The van der Waals surface area contributed by atoms with Crippen LogP contribution < -0.4 is 0 Å². The minimum absolute atomic E-state index is 0.0602. The number of nitrogens with one attached hydrogen (secondary N) is 1. The van der Waals surface area contributed by atoms with Crippen molar-refractivity contribution in [3.05, 3.63) is 24.0 Å². The number of nitrogens with zero attached hydrogens (tertiary/aromatic N) is 2. The molecule has 0 radical (unpaired) electrons. The van der Waals surface area contributed by atoms with Crippen molar-refractivity contribution in [3.8, 4) is 0 Å². The summed E-state index contributed by atoms with van der Waals surface area (Å²) in [6.07, 6.45) is 6.94. The van der Waals surface area contributed by atoms with Crippen molar-refractivity contribution in [3.63, 3.8) is 0 Å². The van der Waals surface area contributed by atoms with Crippen molar-refractivity contribution in [1.29, 1.82) is 0 Å². The summed E-state index contributed by atoms with van der Waals surface area (Å²) in [4.78, 5) is 32.0. The van der Waals surface area contributed by atoms with Gasteiger partial charge >= 0.3 is 0 Å². The van der Waals surface area contributed by atoms with Gasteiger partial charge in [-0.3, -0.25) is 9.59 Å². The summed E-state index contributed by atoms with van der Waals surface area (Å²) in [5, 5.41) is 0. The van der Waals surface area contributed by atoms with Crippen molar-refractivity contribution < 1.29 is 14.3 Å². The number of aromatic amines is 1. The van der Waals surface area contributed by atoms with Crippen LogP contribution in [0, 0.1) is 5.41 Å². The van der Waals surface area contributed by atoms with Crippen molar-refractivity contribution >= 4 is 11.8 Å². The van der Waals surface area contributed by atoms with E-state index in [-0.39, 0.29) is 17.2 Å². The molecule has 0 aromatic carbocycles. The third-order valence-corrected chi connectivity index (χ3v) is 5.24. The Labute approximate surface area is 136 Å². The highest BCUT2D eigenvalue weighted by Crippen LogP contribution is 2.41. The topological polar surface area (TPSA) is 65.6 Å². The molecule has 126 valence electrons. The number of hydrogen-bond donors (Lipinski definition) is 1. The van der Waals surface area contributed by atoms with Crippen LogP contribution in [0.3, 0.4) is 0 Å². The maximum absolute atomic E-state index is 12.8. The number of likely N-dealkylation sites (tertiary alicyclic amines) is 2. The summed E-state index contributed by atoms with van der Waals surface area (Å²) in [6, 6.07) is 1.80. The molecule has 23 heavy (non-hydrogen) atoms. The van der Waals surface area contributed by atoms with Crippen LogP contribution in [0.25, 0.3) is 0 Å². The molecule has 1 unspecified atom stereocenters. The van der Waals surface area contributed by atoms with Crippen LogP contribution in [-0.4, -0.2) is 66.5 Å². The fraction of sp³-hybridized carbons (Fsp3) is 0.647. The number of aromatic nitrogens is 1. The number of ether oxygens (including phenoxy) is 1. The zero-order valence-electron chi connectivity index (χ0n) is 13.7. The quantitative estimate of drug-likeness (QED) is 0.915. The van der Waals surface area contributed by atoms with E-state index in [0.29, 0.717) is 25.3 Å². The molecule has 2 fully saturated rings. The van der Waals surface area contributed by atoms with E-state index < -0.39 is 0 Å². The SMILES string of the molecule is COCCN1CCC2(CCCN(C(=O)c3cc[nH]c3)CC2)C1=O. The fourth-order valence-electron chi connectivity index (χ4n) is 3.81. The number of H-pyrrole nitrogens is 1. The standard InChI is InChI=1S/C17H25N3O3/c1-23-12-11-20-10-6-17(16(20)22)4-2-8-19(9-5-17)15(21)14-3-7-18-13-14/h3,7,13,18H,2,4-6,8-12H2,1H3. The number of carbonyl (C=O) groups is 2. The Bertz CT molecular complexity index is 557.